The van der Waals surface area contributed by atoms with E-state index in [0.29, 0.717) is 36.3 Å². The molecule has 2 aromatic rings. The number of nitrogens with zero attached hydrogens (tertiary/aromatic N) is 2. The van der Waals surface area contributed by atoms with E-state index in [1.807, 2.05) is 13.0 Å². The molecule has 5 heteroatoms. The third-order valence-electron chi connectivity index (χ3n) is 2.00. The molecule has 0 saturated carbocycles. The predicted molar refractivity (Wildman–Crippen MR) is 59.5 cm³/mol. The minimum Gasteiger partial charge on any atom is -0.463 e. The van der Waals surface area contributed by atoms with Gasteiger partial charge < -0.3 is 14.9 Å². The van der Waals surface area contributed by atoms with Gasteiger partial charge in [0.25, 0.3) is 0 Å². The summed E-state index contributed by atoms with van der Waals surface area (Å²) >= 11 is 0. The molecule has 0 saturated heterocycles. The molecule has 0 amide bonds. The third kappa shape index (κ3) is 2.38. The Bertz CT molecular complexity index is 454. The van der Waals surface area contributed by atoms with E-state index in [1.165, 1.54) is 0 Å². The lowest BCUT2D eigenvalue weighted by Crippen LogP contribution is -2.03. The van der Waals surface area contributed by atoms with Crippen LogP contribution in [0.3, 0.4) is 0 Å². The first kappa shape index (κ1) is 10.6. The van der Waals surface area contributed by atoms with Crippen molar-refractivity contribution in [2.75, 3.05) is 12.3 Å². The second kappa shape index (κ2) is 4.76. The zero-order chi connectivity index (χ0) is 11.4. The van der Waals surface area contributed by atoms with E-state index in [4.69, 9.17) is 14.9 Å². The molecule has 2 N–H and O–H groups in total. The summed E-state index contributed by atoms with van der Waals surface area (Å²) in [5, 5.41) is 0. The number of hydrogen-bond acceptors (Lipinski definition) is 5. The molecule has 0 unspecified atom stereocenters. The fourth-order valence-electron chi connectivity index (χ4n) is 1.33. The van der Waals surface area contributed by atoms with Gasteiger partial charge in [-0.05, 0) is 19.1 Å². The van der Waals surface area contributed by atoms with Crippen LogP contribution < -0.4 is 5.73 Å². The quantitative estimate of drug-likeness (QED) is 0.849. The molecular formula is C11H13N3O2. The van der Waals surface area contributed by atoms with E-state index < -0.39 is 0 Å². The summed E-state index contributed by atoms with van der Waals surface area (Å²) in [4.78, 5) is 8.38. The minimum atomic E-state index is 0.356. The van der Waals surface area contributed by atoms with Crippen molar-refractivity contribution in [1.82, 2.24) is 9.97 Å². The standard InChI is InChI=1S/C11H13N3O2/c1-2-15-7-11-13-8(6-10(12)14-11)9-4-3-5-16-9/h3-6H,2,7H2,1H3,(H2,12,13,14). The normalized spacial score (nSPS) is 10.6. The van der Waals surface area contributed by atoms with Crippen LogP contribution in [0.4, 0.5) is 5.82 Å². The number of nitrogen functional groups attached to an aromatic ring is 1. The largest absolute Gasteiger partial charge is 0.463 e. The Balaban J connectivity index is 2.29. The van der Waals surface area contributed by atoms with Crippen molar-refractivity contribution in [3.63, 3.8) is 0 Å². The van der Waals surface area contributed by atoms with Gasteiger partial charge in [-0.15, -0.1) is 0 Å². The van der Waals surface area contributed by atoms with E-state index >= 15 is 0 Å². The van der Waals surface area contributed by atoms with Gasteiger partial charge >= 0.3 is 0 Å². The Morgan fingerprint density at radius 2 is 2.31 bits per heavy atom. The second-order valence-electron chi connectivity index (χ2n) is 3.21. The number of hydrogen-bond donors (Lipinski definition) is 1. The molecule has 0 atom stereocenters. The first-order chi connectivity index (χ1) is 7.79. The van der Waals surface area contributed by atoms with Gasteiger partial charge in [0, 0.05) is 12.7 Å². The van der Waals surface area contributed by atoms with Crippen LogP contribution in [-0.4, -0.2) is 16.6 Å². The highest BCUT2D eigenvalue weighted by Gasteiger charge is 2.07. The average molecular weight is 219 g/mol. The summed E-state index contributed by atoms with van der Waals surface area (Å²) in [5.41, 5.74) is 6.36. The molecule has 0 bridgehead atoms. The van der Waals surface area contributed by atoms with Gasteiger partial charge in [-0.3, -0.25) is 0 Å². The van der Waals surface area contributed by atoms with Gasteiger partial charge in [0.15, 0.2) is 11.6 Å². The van der Waals surface area contributed by atoms with Crippen molar-refractivity contribution < 1.29 is 9.15 Å². The zero-order valence-corrected chi connectivity index (χ0v) is 9.01. The number of furan rings is 1. The maximum Gasteiger partial charge on any atom is 0.157 e. The minimum absolute atomic E-state index is 0.356. The summed E-state index contributed by atoms with van der Waals surface area (Å²) in [5.74, 6) is 1.65. The summed E-state index contributed by atoms with van der Waals surface area (Å²) in [7, 11) is 0. The summed E-state index contributed by atoms with van der Waals surface area (Å²) in [6.07, 6.45) is 1.59. The van der Waals surface area contributed by atoms with Crippen LogP contribution in [0.1, 0.15) is 12.7 Å². The molecule has 84 valence electrons. The van der Waals surface area contributed by atoms with Crippen LogP contribution in [-0.2, 0) is 11.3 Å². The first-order valence-electron chi connectivity index (χ1n) is 5.04. The molecule has 2 heterocycles. The van der Waals surface area contributed by atoms with Crippen molar-refractivity contribution in [2.45, 2.75) is 13.5 Å². The Hall–Kier alpha value is -1.88. The van der Waals surface area contributed by atoms with Gasteiger partial charge in [-0.1, -0.05) is 0 Å². The highest BCUT2D eigenvalue weighted by molar-refractivity contribution is 5.55. The fraction of sp³-hybridized carbons (Fsp3) is 0.273. The number of aromatic nitrogens is 2. The van der Waals surface area contributed by atoms with Gasteiger partial charge in [0.1, 0.15) is 18.1 Å². The van der Waals surface area contributed by atoms with Gasteiger partial charge in [-0.2, -0.15) is 0 Å². The maximum absolute atomic E-state index is 5.69. The molecule has 16 heavy (non-hydrogen) atoms. The first-order valence-corrected chi connectivity index (χ1v) is 5.04. The Labute approximate surface area is 93.3 Å². The van der Waals surface area contributed by atoms with Crippen LogP contribution in [0.15, 0.2) is 28.9 Å². The highest BCUT2D eigenvalue weighted by Crippen LogP contribution is 2.19. The molecular weight excluding hydrogens is 206 g/mol. The van der Waals surface area contributed by atoms with Crippen LogP contribution in [0.5, 0.6) is 0 Å². The van der Waals surface area contributed by atoms with Crippen molar-refractivity contribution in [1.29, 1.82) is 0 Å². The lowest BCUT2D eigenvalue weighted by atomic mass is 10.3. The summed E-state index contributed by atoms with van der Waals surface area (Å²) in [6.45, 7) is 2.89. The molecule has 0 spiro atoms. The molecule has 0 aliphatic rings. The fourth-order valence-corrected chi connectivity index (χ4v) is 1.33. The number of anilines is 1. The van der Waals surface area contributed by atoms with E-state index in [0.717, 1.165) is 0 Å². The molecule has 2 rings (SSSR count). The van der Waals surface area contributed by atoms with E-state index in [2.05, 4.69) is 9.97 Å². The summed E-state index contributed by atoms with van der Waals surface area (Å²) in [6, 6.07) is 5.30. The van der Waals surface area contributed by atoms with Crippen LogP contribution in [0.25, 0.3) is 11.5 Å². The van der Waals surface area contributed by atoms with E-state index in [9.17, 15) is 0 Å². The van der Waals surface area contributed by atoms with E-state index in [-0.39, 0.29) is 0 Å². The zero-order valence-electron chi connectivity index (χ0n) is 9.01. The van der Waals surface area contributed by atoms with Crippen molar-refractivity contribution in [3.05, 3.63) is 30.3 Å². The molecule has 0 aliphatic heterocycles. The third-order valence-corrected chi connectivity index (χ3v) is 2.00. The van der Waals surface area contributed by atoms with Crippen molar-refractivity contribution in [2.24, 2.45) is 0 Å². The molecule has 0 aromatic carbocycles. The molecule has 0 aliphatic carbocycles. The lowest BCUT2D eigenvalue weighted by molar-refractivity contribution is 0.128. The molecule has 2 aromatic heterocycles. The Morgan fingerprint density at radius 3 is 3.00 bits per heavy atom. The summed E-state index contributed by atoms with van der Waals surface area (Å²) < 4.78 is 10.5. The van der Waals surface area contributed by atoms with Crippen LogP contribution in [0.2, 0.25) is 0 Å². The Morgan fingerprint density at radius 1 is 1.44 bits per heavy atom. The van der Waals surface area contributed by atoms with Crippen LogP contribution in [0, 0.1) is 0 Å². The van der Waals surface area contributed by atoms with Crippen LogP contribution >= 0.6 is 0 Å². The highest BCUT2D eigenvalue weighted by atomic mass is 16.5. The lowest BCUT2D eigenvalue weighted by Gasteiger charge is -2.03. The Kier molecular flexibility index (Phi) is 3.16. The average Bonchev–Trinajstić information content (AvgIpc) is 2.79. The monoisotopic (exact) mass is 219 g/mol. The van der Waals surface area contributed by atoms with Gasteiger partial charge in [0.05, 0.1) is 6.26 Å². The molecule has 5 nitrogen and oxygen atoms in total. The second-order valence-corrected chi connectivity index (χ2v) is 3.21. The number of rotatable bonds is 4. The van der Waals surface area contributed by atoms with Crippen molar-refractivity contribution >= 4 is 5.82 Å². The van der Waals surface area contributed by atoms with Gasteiger partial charge in [-0.25, -0.2) is 9.97 Å². The molecule has 0 radical (unpaired) electrons. The maximum atomic E-state index is 5.69. The van der Waals surface area contributed by atoms with Gasteiger partial charge in [0.2, 0.25) is 0 Å². The SMILES string of the molecule is CCOCc1nc(N)cc(-c2ccco2)n1. The number of ether oxygens (including phenoxy) is 1. The number of nitrogens with two attached hydrogens (primary N) is 1. The smallest absolute Gasteiger partial charge is 0.157 e. The topological polar surface area (TPSA) is 74.2 Å². The molecule has 0 fully saturated rings. The predicted octanol–water partition coefficient (Wildman–Crippen LogP) is 1.86. The van der Waals surface area contributed by atoms with E-state index in [1.54, 1.807) is 18.4 Å². The van der Waals surface area contributed by atoms with Crippen molar-refractivity contribution in [3.8, 4) is 11.5 Å².